The second-order valence-corrected chi connectivity index (χ2v) is 12.6. The Morgan fingerprint density at radius 3 is 2.53 bits per heavy atom. The van der Waals surface area contributed by atoms with Gasteiger partial charge in [-0.3, -0.25) is 9.62 Å². The third kappa shape index (κ3) is 5.33. The van der Waals surface area contributed by atoms with Crippen molar-refractivity contribution in [1.29, 1.82) is 0 Å². The molecule has 5 rings (SSSR count). The van der Waals surface area contributed by atoms with Gasteiger partial charge in [0.2, 0.25) is 10.0 Å². The van der Waals surface area contributed by atoms with Gasteiger partial charge < -0.3 is 5.11 Å². The monoisotopic (exact) mass is 509 g/mol. The van der Waals surface area contributed by atoms with Crippen LogP contribution >= 0.6 is 0 Å². The number of sulfonamides is 1. The van der Waals surface area contributed by atoms with E-state index in [-0.39, 0.29) is 5.92 Å². The van der Waals surface area contributed by atoms with Crippen LogP contribution in [0.2, 0.25) is 0 Å². The smallest absolute Gasteiger partial charge is 0.235 e. The lowest BCUT2D eigenvalue weighted by Gasteiger charge is -2.38. The van der Waals surface area contributed by atoms with Crippen LogP contribution in [0.3, 0.4) is 0 Å². The lowest BCUT2D eigenvalue weighted by atomic mass is 9.74. The molecular weight excluding hydrogens is 474 g/mol. The van der Waals surface area contributed by atoms with E-state index >= 15 is 0 Å². The third-order valence-corrected chi connectivity index (χ3v) is 9.29. The summed E-state index contributed by atoms with van der Waals surface area (Å²) in [5.41, 5.74) is 4.76. The van der Waals surface area contributed by atoms with E-state index < -0.39 is 21.4 Å². The summed E-state index contributed by atoms with van der Waals surface area (Å²) >= 11 is 0. The number of likely N-dealkylation sites (tertiary alicyclic amines) is 1. The van der Waals surface area contributed by atoms with Crippen molar-refractivity contribution in [2.24, 2.45) is 0 Å². The fraction of sp³-hybridized carbons (Fsp3) is 0.481. The Balaban J connectivity index is 1.31. The van der Waals surface area contributed by atoms with Gasteiger partial charge in [0.1, 0.15) is 0 Å². The largest absolute Gasteiger partial charge is 0.391 e. The lowest BCUT2D eigenvalue weighted by Crippen LogP contribution is -2.42. The molecule has 192 valence electrons. The van der Waals surface area contributed by atoms with E-state index in [2.05, 4.69) is 26.0 Å². The Morgan fingerprint density at radius 2 is 1.86 bits per heavy atom. The first-order valence-corrected chi connectivity index (χ1v) is 14.4. The Labute approximate surface area is 213 Å². The minimum atomic E-state index is -3.43. The normalized spacial score (nSPS) is 21.4. The average Bonchev–Trinajstić information content (AvgIpc) is 3.28. The van der Waals surface area contributed by atoms with Crippen molar-refractivity contribution in [3.63, 3.8) is 0 Å². The number of aliphatic hydroxyl groups is 1. The zero-order chi connectivity index (χ0) is 25.3. The topological polar surface area (TPSA) is 100 Å². The first-order chi connectivity index (χ1) is 17.3. The second kappa shape index (κ2) is 10.3. The van der Waals surface area contributed by atoms with Crippen molar-refractivity contribution in [3.8, 4) is 5.69 Å². The molecule has 1 aliphatic carbocycles. The summed E-state index contributed by atoms with van der Waals surface area (Å²) in [7, 11) is -3.43. The average molecular weight is 510 g/mol. The van der Waals surface area contributed by atoms with Crippen LogP contribution in [0.1, 0.15) is 68.2 Å². The number of para-hydroxylation sites is 1. The first kappa shape index (κ1) is 24.9. The number of β-amino-alcohol motifs (C(OH)–C–C–N with tert-alkyl or cyclic N) is 1. The molecule has 0 bridgehead atoms. The molecule has 8 nitrogen and oxygen atoms in total. The van der Waals surface area contributed by atoms with Crippen LogP contribution < -0.4 is 4.72 Å². The van der Waals surface area contributed by atoms with Crippen LogP contribution in [0.15, 0.2) is 54.7 Å². The minimum Gasteiger partial charge on any atom is -0.391 e. The van der Waals surface area contributed by atoms with Crippen molar-refractivity contribution in [3.05, 3.63) is 71.5 Å². The molecule has 1 saturated carbocycles. The van der Waals surface area contributed by atoms with Crippen molar-refractivity contribution < 1.29 is 13.5 Å². The molecule has 2 aliphatic rings. The molecule has 9 heteroatoms. The molecule has 2 atom stereocenters. The lowest BCUT2D eigenvalue weighted by molar-refractivity contribution is 0.0466. The maximum Gasteiger partial charge on any atom is 0.235 e. The molecule has 2 aromatic carbocycles. The van der Waals surface area contributed by atoms with E-state index in [0.717, 1.165) is 42.8 Å². The van der Waals surface area contributed by atoms with Crippen molar-refractivity contribution in [1.82, 2.24) is 19.9 Å². The van der Waals surface area contributed by atoms with Gasteiger partial charge in [-0.1, -0.05) is 35.9 Å². The molecule has 1 aromatic heterocycles. The molecule has 0 unspecified atom stereocenters. The fourth-order valence-corrected chi connectivity index (χ4v) is 5.83. The van der Waals surface area contributed by atoms with Crippen LogP contribution in [-0.2, 0) is 16.6 Å². The second-order valence-electron chi connectivity index (χ2n) is 10.4. The number of hydrogen-bond acceptors (Lipinski definition) is 6. The third-order valence-electron chi connectivity index (χ3n) is 7.53. The summed E-state index contributed by atoms with van der Waals surface area (Å²) in [4.78, 5) is 2.22. The molecule has 0 radical (unpaired) electrons. The molecule has 36 heavy (non-hydrogen) atoms. The zero-order valence-electron chi connectivity index (χ0n) is 20.9. The summed E-state index contributed by atoms with van der Waals surface area (Å²) in [6, 6.07) is 15.8. The Morgan fingerprint density at radius 1 is 1.08 bits per heavy atom. The predicted molar refractivity (Wildman–Crippen MR) is 141 cm³/mol. The maximum atomic E-state index is 12.5. The van der Waals surface area contributed by atoms with Crippen molar-refractivity contribution in [2.45, 2.75) is 69.3 Å². The van der Waals surface area contributed by atoms with Gasteiger partial charge in [0.25, 0.3) is 0 Å². The number of hydrogen-bond donors (Lipinski definition) is 2. The molecule has 2 N–H and O–H groups in total. The fourth-order valence-electron chi connectivity index (χ4n) is 5.14. The van der Waals surface area contributed by atoms with Gasteiger partial charge in [0.05, 0.1) is 28.9 Å². The summed E-state index contributed by atoms with van der Waals surface area (Å²) < 4.78 is 29.4. The first-order valence-electron chi connectivity index (χ1n) is 12.8. The molecule has 0 spiro atoms. The molecule has 0 amide bonds. The highest BCUT2D eigenvalue weighted by molar-refractivity contribution is 7.93. The SMILES string of the molecule is CC(C)S(=O)(=O)Nc1ccc(C2CCC2)c([C@@H]2CCN(Cc3cn(-c4ccccc4)nn3)C[C@@H]2O)c1. The Hall–Kier alpha value is -2.75. The van der Waals surface area contributed by atoms with E-state index in [1.165, 1.54) is 12.0 Å². The van der Waals surface area contributed by atoms with E-state index in [4.69, 9.17) is 0 Å². The quantitative estimate of drug-likeness (QED) is 0.476. The summed E-state index contributed by atoms with van der Waals surface area (Å²) in [5, 5.41) is 19.3. The molecule has 1 aliphatic heterocycles. The summed E-state index contributed by atoms with van der Waals surface area (Å²) in [5.74, 6) is 0.467. The number of nitrogens with one attached hydrogen (secondary N) is 1. The summed E-state index contributed by atoms with van der Waals surface area (Å²) in [6.45, 7) is 5.33. The Bertz CT molecular complexity index is 1290. The highest BCUT2D eigenvalue weighted by Crippen LogP contribution is 2.43. The standard InChI is InChI=1S/C27H35N5O3S/c1-19(2)36(34,35)29-21-11-12-24(20-7-6-8-20)26(15-21)25-13-14-31(18-27(25)33)16-22-17-32(30-28-22)23-9-4-3-5-10-23/h3-5,9-12,15,17,19-20,25,27,29,33H,6-8,13-14,16,18H2,1-2H3/t25-,27-/m0/s1. The maximum absolute atomic E-state index is 12.5. The molecule has 1 saturated heterocycles. The van der Waals surface area contributed by atoms with E-state index in [1.54, 1.807) is 18.5 Å². The van der Waals surface area contributed by atoms with E-state index in [0.29, 0.717) is 24.7 Å². The number of anilines is 1. The van der Waals surface area contributed by atoms with Gasteiger partial charge in [-0.05, 0) is 81.0 Å². The van der Waals surface area contributed by atoms with Crippen LogP contribution in [0, 0.1) is 0 Å². The van der Waals surface area contributed by atoms with Crippen molar-refractivity contribution >= 4 is 15.7 Å². The molecule has 2 fully saturated rings. The number of benzene rings is 2. The Kier molecular flexibility index (Phi) is 7.14. The van der Waals surface area contributed by atoms with Gasteiger partial charge in [-0.15, -0.1) is 5.10 Å². The number of aromatic nitrogens is 3. The van der Waals surface area contributed by atoms with E-state index in [9.17, 15) is 13.5 Å². The number of piperidine rings is 1. The number of rotatable bonds is 8. The molecule has 2 heterocycles. The highest BCUT2D eigenvalue weighted by Gasteiger charge is 2.33. The van der Waals surface area contributed by atoms with Crippen LogP contribution in [0.25, 0.3) is 5.69 Å². The molecule has 3 aromatic rings. The van der Waals surface area contributed by atoms with Crippen LogP contribution in [0.5, 0.6) is 0 Å². The van der Waals surface area contributed by atoms with Gasteiger partial charge in [-0.25, -0.2) is 13.1 Å². The van der Waals surface area contributed by atoms with Crippen molar-refractivity contribution in [2.75, 3.05) is 17.8 Å². The molecular formula is C27H35N5O3S. The van der Waals surface area contributed by atoms with Gasteiger partial charge in [0.15, 0.2) is 0 Å². The predicted octanol–water partition coefficient (Wildman–Crippen LogP) is 4.04. The summed E-state index contributed by atoms with van der Waals surface area (Å²) in [6.07, 6.45) is 5.71. The van der Waals surface area contributed by atoms with Gasteiger partial charge >= 0.3 is 0 Å². The van der Waals surface area contributed by atoms with Crippen LogP contribution in [0.4, 0.5) is 5.69 Å². The van der Waals surface area contributed by atoms with Crippen LogP contribution in [-0.4, -0.2) is 57.9 Å². The van der Waals surface area contributed by atoms with Gasteiger partial charge in [-0.2, -0.15) is 0 Å². The number of nitrogens with zero attached hydrogens (tertiary/aromatic N) is 4. The number of aliphatic hydroxyl groups excluding tert-OH is 1. The van der Waals surface area contributed by atoms with Gasteiger partial charge in [0, 0.05) is 24.7 Å². The zero-order valence-corrected chi connectivity index (χ0v) is 21.7. The highest BCUT2D eigenvalue weighted by atomic mass is 32.2. The minimum absolute atomic E-state index is 0.0274. The van der Waals surface area contributed by atoms with E-state index in [1.807, 2.05) is 48.7 Å².